The smallest absolute Gasteiger partial charge is 0.320 e. The highest BCUT2D eigenvalue weighted by molar-refractivity contribution is 5.74. The average molecular weight is 155 g/mol. The predicted octanol–water partition coefficient (Wildman–Crippen LogP) is 0.459. The minimum absolute atomic E-state index is 0.248. The van der Waals surface area contributed by atoms with Crippen molar-refractivity contribution in [3.8, 4) is 0 Å². The van der Waals surface area contributed by atoms with Crippen LogP contribution < -0.4 is 5.32 Å². The third-order valence-corrected chi connectivity index (χ3v) is 2.76. The Kier molecular flexibility index (Phi) is 1.60. The van der Waals surface area contributed by atoms with Gasteiger partial charge in [0.05, 0.1) is 0 Å². The molecule has 1 aliphatic carbocycles. The molecule has 1 saturated carbocycles. The van der Waals surface area contributed by atoms with Gasteiger partial charge in [-0.2, -0.15) is 0 Å². The Bertz CT molecular complexity index is 177. The fourth-order valence-electron chi connectivity index (χ4n) is 2.03. The van der Waals surface area contributed by atoms with Gasteiger partial charge in [-0.25, -0.2) is 0 Å². The molecule has 0 bridgehead atoms. The zero-order valence-corrected chi connectivity index (χ0v) is 6.42. The van der Waals surface area contributed by atoms with Gasteiger partial charge < -0.3 is 10.4 Å². The Morgan fingerprint density at radius 1 is 1.36 bits per heavy atom. The van der Waals surface area contributed by atoms with Crippen molar-refractivity contribution in [2.75, 3.05) is 6.54 Å². The van der Waals surface area contributed by atoms with Crippen molar-refractivity contribution < 1.29 is 9.90 Å². The molecule has 0 amide bonds. The molecule has 0 aromatic carbocycles. The van der Waals surface area contributed by atoms with Crippen molar-refractivity contribution in [2.24, 2.45) is 11.8 Å². The fourth-order valence-corrected chi connectivity index (χ4v) is 2.03. The number of carbonyl (C=O) groups is 1. The van der Waals surface area contributed by atoms with Crippen LogP contribution in [0.3, 0.4) is 0 Å². The van der Waals surface area contributed by atoms with Crippen LogP contribution in [-0.2, 0) is 4.79 Å². The number of nitrogens with one attached hydrogen (secondary N) is 1. The first-order chi connectivity index (χ1) is 5.29. The maximum absolute atomic E-state index is 10.7. The second kappa shape index (κ2) is 2.48. The monoisotopic (exact) mass is 155 g/mol. The maximum atomic E-state index is 10.7. The standard InChI is InChI=1S/C8H13NO2/c10-8(11)7-6(3-4-9-7)5-1-2-5/h5-7,9H,1-4H2,(H,10,11). The number of hydrogen-bond donors (Lipinski definition) is 2. The van der Waals surface area contributed by atoms with Crippen LogP contribution >= 0.6 is 0 Å². The summed E-state index contributed by atoms with van der Waals surface area (Å²) in [5.41, 5.74) is 0. The second-order valence-corrected chi connectivity index (χ2v) is 3.56. The van der Waals surface area contributed by atoms with Crippen LogP contribution in [0.15, 0.2) is 0 Å². The summed E-state index contributed by atoms with van der Waals surface area (Å²) in [6.07, 6.45) is 3.55. The summed E-state index contributed by atoms with van der Waals surface area (Å²) < 4.78 is 0. The SMILES string of the molecule is O=C(O)C1NCCC1C1CC1. The van der Waals surface area contributed by atoms with Crippen molar-refractivity contribution in [3.05, 3.63) is 0 Å². The molecule has 11 heavy (non-hydrogen) atoms. The van der Waals surface area contributed by atoms with E-state index in [9.17, 15) is 4.79 Å². The summed E-state index contributed by atoms with van der Waals surface area (Å²) >= 11 is 0. The van der Waals surface area contributed by atoms with Gasteiger partial charge in [0.2, 0.25) is 0 Å². The number of aliphatic carboxylic acids is 1. The van der Waals surface area contributed by atoms with Gasteiger partial charge in [0.15, 0.2) is 0 Å². The second-order valence-electron chi connectivity index (χ2n) is 3.56. The Balaban J connectivity index is 2.01. The lowest BCUT2D eigenvalue weighted by atomic mass is 9.95. The van der Waals surface area contributed by atoms with Crippen LogP contribution in [-0.4, -0.2) is 23.7 Å². The molecule has 0 aromatic rings. The van der Waals surface area contributed by atoms with Gasteiger partial charge in [-0.05, 0) is 37.6 Å². The molecule has 2 rings (SSSR count). The van der Waals surface area contributed by atoms with Crippen LogP contribution in [0.1, 0.15) is 19.3 Å². The molecule has 0 radical (unpaired) electrons. The molecule has 2 atom stereocenters. The van der Waals surface area contributed by atoms with E-state index in [0.29, 0.717) is 11.8 Å². The van der Waals surface area contributed by atoms with Gasteiger partial charge in [-0.3, -0.25) is 4.79 Å². The molecule has 62 valence electrons. The van der Waals surface area contributed by atoms with E-state index in [0.717, 1.165) is 13.0 Å². The van der Waals surface area contributed by atoms with E-state index in [2.05, 4.69) is 5.32 Å². The summed E-state index contributed by atoms with van der Waals surface area (Å²) in [5, 5.41) is 11.8. The maximum Gasteiger partial charge on any atom is 0.320 e. The highest BCUT2D eigenvalue weighted by atomic mass is 16.4. The minimum Gasteiger partial charge on any atom is -0.480 e. The number of rotatable bonds is 2. The molecule has 1 heterocycles. The lowest BCUT2D eigenvalue weighted by Crippen LogP contribution is -2.36. The summed E-state index contributed by atoms with van der Waals surface area (Å²) in [7, 11) is 0. The predicted molar refractivity (Wildman–Crippen MR) is 40.3 cm³/mol. The van der Waals surface area contributed by atoms with Crippen molar-refractivity contribution in [2.45, 2.75) is 25.3 Å². The summed E-state index contributed by atoms with van der Waals surface area (Å²) in [6, 6.07) is -0.248. The first-order valence-corrected chi connectivity index (χ1v) is 4.25. The third kappa shape index (κ3) is 1.25. The molecule has 0 aromatic heterocycles. The van der Waals surface area contributed by atoms with Gasteiger partial charge in [-0.1, -0.05) is 0 Å². The van der Waals surface area contributed by atoms with E-state index < -0.39 is 5.97 Å². The molecule has 2 fully saturated rings. The molecule has 2 aliphatic rings. The molecule has 2 unspecified atom stereocenters. The molecule has 2 N–H and O–H groups in total. The average Bonchev–Trinajstić information content (AvgIpc) is 2.68. The lowest BCUT2D eigenvalue weighted by molar-refractivity contribution is -0.140. The molecule has 0 spiro atoms. The normalized spacial score (nSPS) is 37.5. The van der Waals surface area contributed by atoms with Gasteiger partial charge in [0.1, 0.15) is 6.04 Å². The van der Waals surface area contributed by atoms with Crippen LogP contribution in [0, 0.1) is 11.8 Å². The Hall–Kier alpha value is -0.570. The molecule has 1 saturated heterocycles. The first kappa shape index (κ1) is 7.10. The Labute approximate surface area is 65.8 Å². The molecular formula is C8H13NO2. The zero-order chi connectivity index (χ0) is 7.84. The highest BCUT2D eigenvalue weighted by Crippen LogP contribution is 2.41. The van der Waals surface area contributed by atoms with Crippen molar-refractivity contribution in [1.29, 1.82) is 0 Å². The number of hydrogen-bond acceptors (Lipinski definition) is 2. The summed E-state index contributed by atoms with van der Waals surface area (Å²) in [4.78, 5) is 10.7. The largest absolute Gasteiger partial charge is 0.480 e. The summed E-state index contributed by atoms with van der Waals surface area (Å²) in [6.45, 7) is 0.887. The van der Waals surface area contributed by atoms with Crippen molar-refractivity contribution >= 4 is 5.97 Å². The summed E-state index contributed by atoms with van der Waals surface area (Å²) in [5.74, 6) is 0.470. The van der Waals surface area contributed by atoms with Gasteiger partial charge in [0, 0.05) is 0 Å². The van der Waals surface area contributed by atoms with Gasteiger partial charge in [0.25, 0.3) is 0 Å². The van der Waals surface area contributed by atoms with E-state index in [1.165, 1.54) is 12.8 Å². The van der Waals surface area contributed by atoms with E-state index in [1.54, 1.807) is 0 Å². The first-order valence-electron chi connectivity index (χ1n) is 4.25. The van der Waals surface area contributed by atoms with Crippen LogP contribution in [0.4, 0.5) is 0 Å². The van der Waals surface area contributed by atoms with Gasteiger partial charge in [-0.15, -0.1) is 0 Å². The Morgan fingerprint density at radius 2 is 2.09 bits per heavy atom. The van der Waals surface area contributed by atoms with Crippen LogP contribution in [0.2, 0.25) is 0 Å². The Morgan fingerprint density at radius 3 is 2.64 bits per heavy atom. The van der Waals surface area contributed by atoms with Crippen LogP contribution in [0.5, 0.6) is 0 Å². The molecule has 3 heteroatoms. The zero-order valence-electron chi connectivity index (χ0n) is 6.42. The quantitative estimate of drug-likeness (QED) is 0.609. The van der Waals surface area contributed by atoms with Crippen LogP contribution in [0.25, 0.3) is 0 Å². The molecule has 1 aliphatic heterocycles. The number of carboxylic acids is 1. The van der Waals surface area contributed by atoms with E-state index >= 15 is 0 Å². The molecular weight excluding hydrogens is 142 g/mol. The van der Waals surface area contributed by atoms with E-state index in [4.69, 9.17) is 5.11 Å². The third-order valence-electron chi connectivity index (χ3n) is 2.76. The fraction of sp³-hybridized carbons (Fsp3) is 0.875. The minimum atomic E-state index is -0.667. The topological polar surface area (TPSA) is 49.3 Å². The van der Waals surface area contributed by atoms with E-state index in [-0.39, 0.29) is 6.04 Å². The lowest BCUT2D eigenvalue weighted by Gasteiger charge is -2.13. The number of carboxylic acid groups (broad SMARTS) is 1. The highest BCUT2D eigenvalue weighted by Gasteiger charge is 2.42. The van der Waals surface area contributed by atoms with Crippen molar-refractivity contribution in [3.63, 3.8) is 0 Å². The van der Waals surface area contributed by atoms with Gasteiger partial charge >= 0.3 is 5.97 Å². The molecule has 3 nitrogen and oxygen atoms in total. The van der Waals surface area contributed by atoms with E-state index in [1.807, 2.05) is 0 Å². The van der Waals surface area contributed by atoms with Crippen molar-refractivity contribution in [1.82, 2.24) is 5.32 Å².